The molecule has 3 nitrogen and oxygen atoms in total. The SMILES string of the molecule is Cc1ccnc(NC(=O)C(Cl)(Cl)Cl)c1. The van der Waals surface area contributed by atoms with Crippen LogP contribution in [0, 0.1) is 6.92 Å². The van der Waals surface area contributed by atoms with E-state index in [0.29, 0.717) is 5.82 Å². The fraction of sp³-hybridized carbons (Fsp3) is 0.250. The van der Waals surface area contributed by atoms with Crippen LogP contribution in [0.5, 0.6) is 0 Å². The van der Waals surface area contributed by atoms with Gasteiger partial charge in [-0.05, 0) is 24.6 Å². The maximum absolute atomic E-state index is 11.2. The third kappa shape index (κ3) is 3.33. The summed E-state index contributed by atoms with van der Waals surface area (Å²) in [4.78, 5) is 15.1. The summed E-state index contributed by atoms with van der Waals surface area (Å²) in [6.45, 7) is 1.87. The number of pyridine rings is 1. The van der Waals surface area contributed by atoms with Crippen LogP contribution >= 0.6 is 34.8 Å². The van der Waals surface area contributed by atoms with Crippen molar-refractivity contribution in [3.8, 4) is 0 Å². The number of rotatable bonds is 1. The molecule has 1 N–H and O–H groups in total. The number of nitrogens with zero attached hydrogens (tertiary/aromatic N) is 1. The molecule has 0 aliphatic rings. The van der Waals surface area contributed by atoms with Crippen molar-refractivity contribution in [3.05, 3.63) is 23.9 Å². The largest absolute Gasteiger partial charge is 0.307 e. The molecule has 1 amide bonds. The normalized spacial score (nSPS) is 11.1. The van der Waals surface area contributed by atoms with Gasteiger partial charge >= 0.3 is 0 Å². The molecule has 1 heterocycles. The van der Waals surface area contributed by atoms with E-state index in [1.54, 1.807) is 18.3 Å². The molecule has 14 heavy (non-hydrogen) atoms. The Morgan fingerprint density at radius 1 is 1.50 bits per heavy atom. The third-order valence-corrected chi connectivity index (χ3v) is 1.93. The second-order valence-corrected chi connectivity index (χ2v) is 4.95. The maximum atomic E-state index is 11.2. The first-order chi connectivity index (χ1) is 6.39. The van der Waals surface area contributed by atoms with Gasteiger partial charge in [0.1, 0.15) is 5.82 Å². The highest BCUT2D eigenvalue weighted by Gasteiger charge is 2.30. The molecule has 0 bridgehead atoms. The topological polar surface area (TPSA) is 42.0 Å². The highest BCUT2D eigenvalue weighted by Crippen LogP contribution is 2.27. The maximum Gasteiger partial charge on any atom is 0.277 e. The van der Waals surface area contributed by atoms with Crippen LogP contribution < -0.4 is 5.32 Å². The summed E-state index contributed by atoms with van der Waals surface area (Å²) in [5.74, 6) is -0.359. The predicted molar refractivity (Wildman–Crippen MR) is 57.9 cm³/mol. The van der Waals surface area contributed by atoms with Crippen LogP contribution in [0.4, 0.5) is 5.82 Å². The van der Waals surface area contributed by atoms with E-state index in [1.807, 2.05) is 6.92 Å². The number of amides is 1. The lowest BCUT2D eigenvalue weighted by atomic mass is 10.3. The van der Waals surface area contributed by atoms with Gasteiger partial charge in [-0.3, -0.25) is 4.79 Å². The van der Waals surface area contributed by atoms with E-state index in [2.05, 4.69) is 10.3 Å². The molecular formula is C8H7Cl3N2O. The minimum atomic E-state index is -1.97. The van der Waals surface area contributed by atoms with Gasteiger partial charge in [0, 0.05) is 6.20 Å². The number of halogens is 3. The number of aryl methyl sites for hydroxylation is 1. The minimum absolute atomic E-state index is 0.362. The lowest BCUT2D eigenvalue weighted by molar-refractivity contribution is -0.115. The van der Waals surface area contributed by atoms with Gasteiger partial charge in [0.2, 0.25) is 0 Å². The molecule has 0 saturated carbocycles. The first-order valence-corrected chi connectivity index (χ1v) is 4.84. The smallest absolute Gasteiger partial charge is 0.277 e. The first kappa shape index (κ1) is 11.6. The van der Waals surface area contributed by atoms with E-state index in [-0.39, 0.29) is 0 Å². The van der Waals surface area contributed by atoms with Crippen molar-refractivity contribution in [2.75, 3.05) is 5.32 Å². The molecule has 0 aliphatic carbocycles. The second kappa shape index (κ2) is 4.34. The second-order valence-electron chi connectivity index (χ2n) is 2.67. The van der Waals surface area contributed by atoms with Gasteiger partial charge in [-0.15, -0.1) is 0 Å². The van der Waals surface area contributed by atoms with Crippen molar-refractivity contribution >= 4 is 46.5 Å². The predicted octanol–water partition coefficient (Wildman–Crippen LogP) is 2.70. The molecule has 1 aromatic rings. The molecule has 1 aromatic heterocycles. The van der Waals surface area contributed by atoms with Crippen molar-refractivity contribution in [2.45, 2.75) is 10.7 Å². The average Bonchev–Trinajstić information content (AvgIpc) is 2.02. The zero-order valence-electron chi connectivity index (χ0n) is 7.22. The molecule has 0 fully saturated rings. The van der Waals surface area contributed by atoms with E-state index in [9.17, 15) is 4.79 Å². The lowest BCUT2D eigenvalue weighted by Crippen LogP contribution is -2.27. The molecule has 0 aromatic carbocycles. The van der Waals surface area contributed by atoms with Crippen molar-refractivity contribution in [1.29, 1.82) is 0 Å². The quantitative estimate of drug-likeness (QED) is 0.782. The summed E-state index contributed by atoms with van der Waals surface area (Å²) >= 11 is 16.1. The highest BCUT2D eigenvalue weighted by molar-refractivity contribution is 6.76. The van der Waals surface area contributed by atoms with Gasteiger partial charge in [0.25, 0.3) is 9.70 Å². The molecule has 0 atom stereocenters. The van der Waals surface area contributed by atoms with Gasteiger partial charge < -0.3 is 5.32 Å². The summed E-state index contributed by atoms with van der Waals surface area (Å²) in [5, 5.41) is 2.38. The molecule has 0 radical (unpaired) electrons. The Morgan fingerprint density at radius 3 is 2.64 bits per heavy atom. The molecule has 0 spiro atoms. The average molecular weight is 254 g/mol. The fourth-order valence-electron chi connectivity index (χ4n) is 0.792. The monoisotopic (exact) mass is 252 g/mol. The number of hydrogen-bond donors (Lipinski definition) is 1. The van der Waals surface area contributed by atoms with E-state index in [4.69, 9.17) is 34.8 Å². The molecule has 0 unspecified atom stereocenters. The van der Waals surface area contributed by atoms with Gasteiger partial charge in [-0.1, -0.05) is 34.8 Å². The molecule has 1 rings (SSSR count). The van der Waals surface area contributed by atoms with Crippen molar-refractivity contribution in [1.82, 2.24) is 4.98 Å². The number of nitrogens with one attached hydrogen (secondary N) is 1. The summed E-state index contributed by atoms with van der Waals surface area (Å²) < 4.78 is -1.97. The number of alkyl halides is 3. The number of hydrogen-bond acceptors (Lipinski definition) is 2. The number of anilines is 1. The van der Waals surface area contributed by atoms with E-state index in [0.717, 1.165) is 5.56 Å². The summed E-state index contributed by atoms with van der Waals surface area (Å²) in [7, 11) is 0. The Balaban J connectivity index is 2.75. The number of aromatic nitrogens is 1. The van der Waals surface area contributed by atoms with Gasteiger partial charge in [-0.2, -0.15) is 0 Å². The Kier molecular flexibility index (Phi) is 3.59. The third-order valence-electron chi connectivity index (χ3n) is 1.41. The summed E-state index contributed by atoms with van der Waals surface area (Å²) in [5.41, 5.74) is 0.958. The Morgan fingerprint density at radius 2 is 2.14 bits per heavy atom. The molecule has 0 aliphatic heterocycles. The van der Waals surface area contributed by atoms with Crippen LogP contribution in [0.1, 0.15) is 5.56 Å². The molecule has 0 saturated heterocycles. The van der Waals surface area contributed by atoms with E-state index < -0.39 is 9.70 Å². The van der Waals surface area contributed by atoms with Crippen LogP contribution in [-0.4, -0.2) is 14.7 Å². The van der Waals surface area contributed by atoms with Crippen LogP contribution in [0.15, 0.2) is 18.3 Å². The van der Waals surface area contributed by atoms with Gasteiger partial charge in [0.15, 0.2) is 0 Å². The van der Waals surface area contributed by atoms with Gasteiger partial charge in [0.05, 0.1) is 0 Å². The zero-order valence-corrected chi connectivity index (χ0v) is 9.49. The lowest BCUT2D eigenvalue weighted by Gasteiger charge is -2.10. The van der Waals surface area contributed by atoms with E-state index >= 15 is 0 Å². The van der Waals surface area contributed by atoms with Crippen LogP contribution in [0.25, 0.3) is 0 Å². The summed E-state index contributed by atoms with van der Waals surface area (Å²) in [6.07, 6.45) is 1.56. The summed E-state index contributed by atoms with van der Waals surface area (Å²) in [6, 6.07) is 3.47. The van der Waals surface area contributed by atoms with Crippen molar-refractivity contribution in [3.63, 3.8) is 0 Å². The number of carbonyl (C=O) groups excluding carboxylic acids is 1. The Hall–Kier alpha value is -0.510. The fourth-order valence-corrected chi connectivity index (χ4v) is 0.933. The van der Waals surface area contributed by atoms with Crippen LogP contribution in [0.2, 0.25) is 0 Å². The zero-order chi connectivity index (χ0) is 10.8. The Labute approximate surface area is 96.4 Å². The van der Waals surface area contributed by atoms with E-state index in [1.165, 1.54) is 0 Å². The molecular weight excluding hydrogens is 246 g/mol. The van der Waals surface area contributed by atoms with Crippen molar-refractivity contribution < 1.29 is 4.79 Å². The number of carbonyl (C=O) groups is 1. The highest BCUT2D eigenvalue weighted by atomic mass is 35.6. The standard InChI is InChI=1S/C8H7Cl3N2O/c1-5-2-3-12-6(4-5)13-7(14)8(9,10)11/h2-4H,1H3,(H,12,13,14). The van der Waals surface area contributed by atoms with Gasteiger partial charge in [-0.25, -0.2) is 4.98 Å². The first-order valence-electron chi connectivity index (χ1n) is 3.70. The minimum Gasteiger partial charge on any atom is -0.307 e. The molecule has 76 valence electrons. The Bertz CT molecular complexity index is 349. The molecule has 6 heteroatoms. The van der Waals surface area contributed by atoms with Crippen LogP contribution in [0.3, 0.4) is 0 Å². The van der Waals surface area contributed by atoms with Crippen LogP contribution in [-0.2, 0) is 4.79 Å². The van der Waals surface area contributed by atoms with Crippen molar-refractivity contribution in [2.24, 2.45) is 0 Å².